The highest BCUT2D eigenvalue weighted by atomic mass is 32.1. The number of hydrogen-bond donors (Lipinski definition) is 4. The minimum absolute atomic E-state index is 0.112. The number of anilines is 2. The summed E-state index contributed by atoms with van der Waals surface area (Å²) < 4.78 is 0. The molecule has 1 amide bonds. The largest absolute Gasteiger partial charge is 0.508 e. The smallest absolute Gasteiger partial charge is 0.221 e. The number of carbonyl (C=O) groups is 1. The van der Waals surface area contributed by atoms with E-state index in [1.165, 1.54) is 6.92 Å². The fourth-order valence-corrected chi connectivity index (χ4v) is 1.90. The van der Waals surface area contributed by atoms with Crippen LogP contribution in [0.1, 0.15) is 12.5 Å². The second kappa shape index (κ2) is 7.90. The van der Waals surface area contributed by atoms with Crippen molar-refractivity contribution in [3.63, 3.8) is 0 Å². The summed E-state index contributed by atoms with van der Waals surface area (Å²) in [6.07, 6.45) is 1.61. The Balaban J connectivity index is 1.84. The highest BCUT2D eigenvalue weighted by Gasteiger charge is 1.97. The molecule has 2 aromatic carbocycles. The molecule has 0 aliphatic heterocycles. The summed E-state index contributed by atoms with van der Waals surface area (Å²) in [5.41, 5.74) is 5.03. The monoisotopic (exact) mass is 328 g/mol. The molecule has 0 fully saturated rings. The topological polar surface area (TPSA) is 85.8 Å². The minimum Gasteiger partial charge on any atom is -0.508 e. The van der Waals surface area contributed by atoms with Crippen LogP contribution in [0, 0.1) is 0 Å². The Labute approximate surface area is 139 Å². The number of phenols is 1. The van der Waals surface area contributed by atoms with Gasteiger partial charge in [-0.2, -0.15) is 5.10 Å². The average molecular weight is 328 g/mol. The molecule has 0 spiro atoms. The first-order chi connectivity index (χ1) is 11.0. The normalized spacial score (nSPS) is 10.3. The lowest BCUT2D eigenvalue weighted by Crippen LogP contribution is -2.23. The Kier molecular flexibility index (Phi) is 5.65. The van der Waals surface area contributed by atoms with Crippen LogP contribution in [-0.2, 0) is 4.79 Å². The lowest BCUT2D eigenvalue weighted by molar-refractivity contribution is -0.114. The van der Waals surface area contributed by atoms with E-state index in [2.05, 4.69) is 21.2 Å². The van der Waals surface area contributed by atoms with Gasteiger partial charge in [-0.1, -0.05) is 12.1 Å². The number of aromatic hydroxyl groups is 1. The van der Waals surface area contributed by atoms with Gasteiger partial charge in [0.15, 0.2) is 5.11 Å². The molecule has 118 valence electrons. The number of nitrogens with zero attached hydrogens (tertiary/aromatic N) is 1. The first-order valence-corrected chi connectivity index (χ1v) is 7.20. The van der Waals surface area contributed by atoms with Gasteiger partial charge in [0, 0.05) is 18.3 Å². The van der Waals surface area contributed by atoms with E-state index < -0.39 is 0 Å². The van der Waals surface area contributed by atoms with Crippen molar-refractivity contribution in [2.45, 2.75) is 6.92 Å². The molecule has 0 bridgehead atoms. The number of benzene rings is 2. The molecule has 2 rings (SSSR count). The summed E-state index contributed by atoms with van der Waals surface area (Å²) in [7, 11) is 0. The number of thiocarbonyl (C=S) groups is 1. The van der Waals surface area contributed by atoms with Crippen molar-refractivity contribution in [2.75, 3.05) is 10.6 Å². The van der Waals surface area contributed by atoms with E-state index >= 15 is 0 Å². The summed E-state index contributed by atoms with van der Waals surface area (Å²) in [5.74, 6) is 0.0777. The quantitative estimate of drug-likeness (QED) is 0.300. The standard InChI is InChI=1S/C16H16N4O2S/c1-11(21)18-13-4-2-12(3-5-13)10-17-20-16(23)19-14-6-8-15(22)9-7-14/h2-10,22H,1H3,(H,18,21)(H2,19,20,23)/b17-10+. The van der Waals surface area contributed by atoms with Gasteiger partial charge in [-0.25, -0.2) is 0 Å². The third-order valence-corrected chi connectivity index (χ3v) is 2.93. The zero-order valence-electron chi connectivity index (χ0n) is 12.4. The molecule has 6 nitrogen and oxygen atoms in total. The fourth-order valence-electron chi connectivity index (χ4n) is 1.73. The lowest BCUT2D eigenvalue weighted by atomic mass is 10.2. The van der Waals surface area contributed by atoms with Crippen molar-refractivity contribution >= 4 is 40.8 Å². The zero-order chi connectivity index (χ0) is 16.7. The Morgan fingerprint density at radius 1 is 1.04 bits per heavy atom. The Morgan fingerprint density at radius 2 is 1.61 bits per heavy atom. The van der Waals surface area contributed by atoms with Crippen molar-refractivity contribution in [3.8, 4) is 5.75 Å². The molecule has 0 aliphatic rings. The summed E-state index contributed by atoms with van der Waals surface area (Å²) in [6.45, 7) is 1.46. The number of hydrogen-bond acceptors (Lipinski definition) is 4. The number of hydrazone groups is 1. The van der Waals surface area contributed by atoms with Crippen molar-refractivity contribution < 1.29 is 9.90 Å². The van der Waals surface area contributed by atoms with Gasteiger partial charge in [-0.3, -0.25) is 10.2 Å². The van der Waals surface area contributed by atoms with Gasteiger partial charge in [0.25, 0.3) is 0 Å². The van der Waals surface area contributed by atoms with Crippen LogP contribution in [0.5, 0.6) is 5.75 Å². The van der Waals surface area contributed by atoms with Crippen LogP contribution in [0.25, 0.3) is 0 Å². The molecule has 0 radical (unpaired) electrons. The van der Waals surface area contributed by atoms with E-state index in [-0.39, 0.29) is 11.7 Å². The predicted molar refractivity (Wildman–Crippen MR) is 95.8 cm³/mol. The Morgan fingerprint density at radius 3 is 2.22 bits per heavy atom. The minimum atomic E-state index is -0.112. The molecule has 0 saturated heterocycles. The lowest BCUT2D eigenvalue weighted by Gasteiger charge is -2.06. The molecule has 0 heterocycles. The van der Waals surface area contributed by atoms with Gasteiger partial charge >= 0.3 is 0 Å². The molecule has 0 atom stereocenters. The van der Waals surface area contributed by atoms with Crippen LogP contribution < -0.4 is 16.1 Å². The summed E-state index contributed by atoms with van der Waals surface area (Å²) in [5, 5.41) is 19.2. The van der Waals surface area contributed by atoms with Crippen molar-refractivity contribution in [3.05, 3.63) is 54.1 Å². The Bertz CT molecular complexity index is 712. The van der Waals surface area contributed by atoms with Crippen LogP contribution in [0.2, 0.25) is 0 Å². The van der Waals surface area contributed by atoms with E-state index in [0.29, 0.717) is 5.11 Å². The average Bonchev–Trinajstić information content (AvgIpc) is 2.51. The number of amides is 1. The van der Waals surface area contributed by atoms with Gasteiger partial charge in [-0.05, 0) is 54.2 Å². The number of carbonyl (C=O) groups excluding carboxylic acids is 1. The van der Waals surface area contributed by atoms with Crippen LogP contribution in [-0.4, -0.2) is 22.3 Å². The summed E-state index contributed by atoms with van der Waals surface area (Å²) in [4.78, 5) is 10.9. The molecule has 0 saturated carbocycles. The molecule has 2 aromatic rings. The third-order valence-electron chi connectivity index (χ3n) is 2.74. The highest BCUT2D eigenvalue weighted by molar-refractivity contribution is 7.80. The van der Waals surface area contributed by atoms with Gasteiger partial charge in [0.05, 0.1) is 6.21 Å². The molecule has 23 heavy (non-hydrogen) atoms. The van der Waals surface area contributed by atoms with Gasteiger partial charge in [0.1, 0.15) is 5.75 Å². The van der Waals surface area contributed by atoms with E-state index in [1.807, 2.05) is 12.1 Å². The first-order valence-electron chi connectivity index (χ1n) is 6.80. The van der Waals surface area contributed by atoms with Crippen molar-refractivity contribution in [2.24, 2.45) is 5.10 Å². The Hall–Kier alpha value is -2.93. The van der Waals surface area contributed by atoms with Crippen molar-refractivity contribution in [1.29, 1.82) is 0 Å². The first kappa shape index (κ1) is 16.4. The van der Waals surface area contributed by atoms with Crippen LogP contribution >= 0.6 is 12.2 Å². The molecular formula is C16H16N4O2S. The molecule has 0 unspecified atom stereocenters. The van der Waals surface area contributed by atoms with Gasteiger partial charge in [0.2, 0.25) is 5.91 Å². The number of rotatable bonds is 4. The van der Waals surface area contributed by atoms with E-state index in [9.17, 15) is 9.90 Å². The number of nitrogens with one attached hydrogen (secondary N) is 3. The van der Waals surface area contributed by atoms with Gasteiger partial charge < -0.3 is 15.7 Å². The van der Waals surface area contributed by atoms with E-state index in [1.54, 1.807) is 42.6 Å². The van der Waals surface area contributed by atoms with Crippen molar-refractivity contribution in [1.82, 2.24) is 5.43 Å². The van der Waals surface area contributed by atoms with Crippen LogP contribution in [0.3, 0.4) is 0 Å². The second-order valence-corrected chi connectivity index (χ2v) is 5.08. The molecule has 4 N–H and O–H groups in total. The molecule has 7 heteroatoms. The van der Waals surface area contributed by atoms with Crippen LogP contribution in [0.4, 0.5) is 11.4 Å². The van der Waals surface area contributed by atoms with Crippen LogP contribution in [0.15, 0.2) is 53.6 Å². The molecule has 0 aliphatic carbocycles. The maximum atomic E-state index is 10.9. The SMILES string of the molecule is CC(=O)Nc1ccc(/C=N/NC(=S)Nc2ccc(O)cc2)cc1. The zero-order valence-corrected chi connectivity index (χ0v) is 13.2. The number of phenolic OH excluding ortho intramolecular Hbond substituents is 1. The predicted octanol–water partition coefficient (Wildman–Crippen LogP) is 2.67. The maximum absolute atomic E-state index is 10.9. The van der Waals surface area contributed by atoms with E-state index in [4.69, 9.17) is 12.2 Å². The summed E-state index contributed by atoms with van der Waals surface area (Å²) in [6, 6.07) is 13.8. The third kappa shape index (κ3) is 5.76. The molecule has 0 aromatic heterocycles. The second-order valence-electron chi connectivity index (χ2n) is 4.67. The van der Waals surface area contributed by atoms with Gasteiger partial charge in [-0.15, -0.1) is 0 Å². The highest BCUT2D eigenvalue weighted by Crippen LogP contribution is 2.13. The fraction of sp³-hybridized carbons (Fsp3) is 0.0625. The molecular weight excluding hydrogens is 312 g/mol. The van der Waals surface area contributed by atoms with E-state index in [0.717, 1.165) is 16.9 Å². The summed E-state index contributed by atoms with van der Waals surface area (Å²) >= 11 is 5.11. The maximum Gasteiger partial charge on any atom is 0.221 e.